The van der Waals surface area contributed by atoms with Crippen molar-refractivity contribution in [3.05, 3.63) is 18.1 Å². The number of esters is 1. The molecule has 0 amide bonds. The minimum atomic E-state index is -1.37. The molecule has 1 fully saturated rings. The molecule has 0 radical (unpaired) electrons. The van der Waals surface area contributed by atoms with E-state index in [9.17, 15) is 19.8 Å². The molecular formula is C15H20N6O6. The number of hydrogen-bond donors (Lipinski definition) is 7. The van der Waals surface area contributed by atoms with Crippen molar-refractivity contribution in [1.29, 1.82) is 0 Å². The summed E-state index contributed by atoms with van der Waals surface area (Å²) >= 11 is 0. The van der Waals surface area contributed by atoms with Crippen molar-refractivity contribution < 1.29 is 29.6 Å². The van der Waals surface area contributed by atoms with Crippen LogP contribution in [0.3, 0.4) is 0 Å². The Kier molecular flexibility index (Phi) is 5.23. The number of carboxylic acids is 1. The van der Waals surface area contributed by atoms with Crippen LogP contribution in [0.1, 0.15) is 18.0 Å². The van der Waals surface area contributed by atoms with Gasteiger partial charge in [-0.2, -0.15) is 0 Å². The first-order chi connectivity index (χ1) is 12.8. The summed E-state index contributed by atoms with van der Waals surface area (Å²) in [5, 5.41) is 32.3. The van der Waals surface area contributed by atoms with E-state index in [0.29, 0.717) is 16.6 Å². The van der Waals surface area contributed by atoms with Crippen LogP contribution < -0.4 is 16.8 Å². The lowest BCUT2D eigenvalue weighted by atomic mass is 10.0. The highest BCUT2D eigenvalue weighted by Crippen LogP contribution is 2.32. The maximum absolute atomic E-state index is 11.7. The maximum atomic E-state index is 11.7. The summed E-state index contributed by atoms with van der Waals surface area (Å²) in [6, 6.07) is -2.82. The van der Waals surface area contributed by atoms with Crippen LogP contribution in [0.4, 0.5) is 5.82 Å². The van der Waals surface area contributed by atoms with E-state index >= 15 is 0 Å². The number of aromatic nitrogens is 3. The Balaban J connectivity index is 1.68. The summed E-state index contributed by atoms with van der Waals surface area (Å²) in [4.78, 5) is 33.3. The van der Waals surface area contributed by atoms with Crippen molar-refractivity contribution in [3.63, 3.8) is 0 Å². The topological polar surface area (TPSA) is 210 Å². The average molecular weight is 380 g/mol. The number of hydrogen-bond acceptors (Lipinski definition) is 10. The number of carbonyl (C=O) groups excluding carboxylic acids is 1. The standard InChI is InChI=1S/C15H20N6O6/c16-6(15(25)26)1-8(22)27-3-7-12(23)13(24)10(21-7)5-2-18-11-9(5)19-4-20-14(11)17/h2,4,6-7,10,12-13,18,21,23-24H,1,3,16H2,(H,25,26)(H2,17,19,20)/t6?,7-,10+,12-,13+/m1/s1. The Labute approximate surface area is 152 Å². The predicted molar refractivity (Wildman–Crippen MR) is 91.2 cm³/mol. The van der Waals surface area contributed by atoms with E-state index in [1.165, 1.54) is 6.33 Å². The summed E-state index contributed by atoms with van der Waals surface area (Å²) in [6.45, 7) is -0.265. The number of nitrogens with two attached hydrogens (primary N) is 2. The van der Waals surface area contributed by atoms with Gasteiger partial charge in [-0.3, -0.25) is 14.9 Å². The molecule has 1 unspecified atom stereocenters. The predicted octanol–water partition coefficient (Wildman–Crippen LogP) is -2.38. The summed E-state index contributed by atoms with van der Waals surface area (Å²) in [5.41, 5.74) is 12.6. The minimum absolute atomic E-state index is 0.250. The van der Waals surface area contributed by atoms with Gasteiger partial charge in [0, 0.05) is 11.8 Å². The van der Waals surface area contributed by atoms with Gasteiger partial charge in [-0.25, -0.2) is 9.97 Å². The fraction of sp³-hybridized carbons (Fsp3) is 0.467. The molecule has 12 heteroatoms. The first-order valence-electron chi connectivity index (χ1n) is 8.13. The SMILES string of the molecule is Nc1ncnc2c([C@@H]3N[C@H](COC(=O)CC(N)C(=O)O)[C@@H](O)[C@H]3O)c[nH]c12. The molecule has 0 aliphatic carbocycles. The van der Waals surface area contributed by atoms with Crippen molar-refractivity contribution >= 4 is 28.8 Å². The molecule has 27 heavy (non-hydrogen) atoms. The fourth-order valence-corrected chi connectivity index (χ4v) is 3.01. The number of rotatable bonds is 6. The first kappa shape index (κ1) is 19.0. The van der Waals surface area contributed by atoms with Gasteiger partial charge in [0.15, 0.2) is 5.82 Å². The van der Waals surface area contributed by atoms with Gasteiger partial charge < -0.3 is 36.5 Å². The van der Waals surface area contributed by atoms with Crippen LogP contribution in [0.2, 0.25) is 0 Å². The molecule has 2 aromatic rings. The fourth-order valence-electron chi connectivity index (χ4n) is 3.01. The van der Waals surface area contributed by atoms with Crippen molar-refractivity contribution in [2.45, 2.75) is 36.8 Å². The van der Waals surface area contributed by atoms with Crippen molar-refractivity contribution in [3.8, 4) is 0 Å². The third kappa shape index (κ3) is 3.68. The van der Waals surface area contributed by atoms with Crippen LogP contribution in [0.15, 0.2) is 12.5 Å². The number of anilines is 1. The summed E-state index contributed by atoms with van der Waals surface area (Å²) in [7, 11) is 0. The quantitative estimate of drug-likeness (QED) is 0.263. The van der Waals surface area contributed by atoms with Crippen molar-refractivity contribution in [1.82, 2.24) is 20.3 Å². The lowest BCUT2D eigenvalue weighted by Crippen LogP contribution is -2.39. The number of carboxylic acid groups (broad SMARTS) is 1. The van der Waals surface area contributed by atoms with E-state index in [-0.39, 0.29) is 12.4 Å². The molecule has 1 aliphatic heterocycles. The molecule has 146 valence electrons. The van der Waals surface area contributed by atoms with Gasteiger partial charge in [-0.1, -0.05) is 0 Å². The number of aliphatic hydroxyl groups is 2. The first-order valence-corrected chi connectivity index (χ1v) is 8.13. The lowest BCUT2D eigenvalue weighted by molar-refractivity contribution is -0.149. The van der Waals surface area contributed by atoms with Gasteiger partial charge in [0.2, 0.25) is 0 Å². The zero-order valence-electron chi connectivity index (χ0n) is 14.1. The number of ether oxygens (including phenoxy) is 1. The number of carbonyl (C=O) groups is 2. The molecule has 0 saturated carbocycles. The minimum Gasteiger partial charge on any atom is -0.480 e. The highest BCUT2D eigenvalue weighted by molar-refractivity contribution is 5.87. The zero-order chi connectivity index (χ0) is 19.7. The van der Waals surface area contributed by atoms with Crippen molar-refractivity contribution in [2.24, 2.45) is 5.73 Å². The monoisotopic (exact) mass is 380 g/mol. The Morgan fingerprint density at radius 1 is 1.30 bits per heavy atom. The Hall–Kier alpha value is -2.80. The second-order valence-corrected chi connectivity index (χ2v) is 6.29. The van der Waals surface area contributed by atoms with Crippen LogP contribution in [0, 0.1) is 0 Å². The number of fused-ring (bicyclic) bond motifs is 1. The molecule has 12 nitrogen and oxygen atoms in total. The number of nitrogen functional groups attached to an aromatic ring is 1. The number of nitrogens with one attached hydrogen (secondary N) is 2. The van der Waals surface area contributed by atoms with Gasteiger partial charge in [-0.15, -0.1) is 0 Å². The van der Waals surface area contributed by atoms with Crippen LogP contribution in [-0.4, -0.2) is 73.1 Å². The van der Waals surface area contributed by atoms with E-state index in [0.717, 1.165) is 0 Å². The highest BCUT2D eigenvalue weighted by Gasteiger charge is 2.43. The molecule has 3 rings (SSSR count). The summed E-state index contributed by atoms with van der Waals surface area (Å²) < 4.78 is 4.97. The van der Waals surface area contributed by atoms with Crippen LogP contribution in [0.5, 0.6) is 0 Å². The summed E-state index contributed by atoms with van der Waals surface area (Å²) in [6.07, 6.45) is -0.0189. The van der Waals surface area contributed by atoms with Gasteiger partial charge in [-0.05, 0) is 0 Å². The van der Waals surface area contributed by atoms with E-state index < -0.39 is 48.7 Å². The van der Waals surface area contributed by atoms with Crippen LogP contribution in [-0.2, 0) is 14.3 Å². The number of nitrogens with zero attached hydrogens (tertiary/aromatic N) is 2. The highest BCUT2D eigenvalue weighted by atomic mass is 16.5. The van der Waals surface area contributed by atoms with E-state index in [4.69, 9.17) is 21.3 Å². The van der Waals surface area contributed by atoms with Gasteiger partial charge in [0.25, 0.3) is 0 Å². The molecule has 0 spiro atoms. The normalized spacial score (nSPS) is 26.2. The van der Waals surface area contributed by atoms with E-state index in [1.54, 1.807) is 6.20 Å². The third-order valence-corrected chi connectivity index (χ3v) is 4.48. The van der Waals surface area contributed by atoms with E-state index in [2.05, 4.69) is 20.3 Å². The second-order valence-electron chi connectivity index (χ2n) is 6.29. The smallest absolute Gasteiger partial charge is 0.321 e. The molecule has 9 N–H and O–H groups in total. The molecule has 0 aromatic carbocycles. The van der Waals surface area contributed by atoms with E-state index in [1.807, 2.05) is 0 Å². The second kappa shape index (κ2) is 7.44. The lowest BCUT2D eigenvalue weighted by Gasteiger charge is -2.16. The Morgan fingerprint density at radius 2 is 2.04 bits per heavy atom. The van der Waals surface area contributed by atoms with Gasteiger partial charge in [0.05, 0.1) is 24.0 Å². The Morgan fingerprint density at radius 3 is 2.74 bits per heavy atom. The largest absolute Gasteiger partial charge is 0.480 e. The average Bonchev–Trinajstić information content (AvgIpc) is 3.16. The molecule has 2 aromatic heterocycles. The maximum Gasteiger partial charge on any atom is 0.321 e. The van der Waals surface area contributed by atoms with Gasteiger partial charge in [0.1, 0.15) is 36.7 Å². The Bertz CT molecular complexity index is 856. The molecule has 0 bridgehead atoms. The summed E-state index contributed by atoms with van der Waals surface area (Å²) in [5.74, 6) is -1.88. The van der Waals surface area contributed by atoms with Crippen LogP contribution >= 0.6 is 0 Å². The third-order valence-electron chi connectivity index (χ3n) is 4.48. The number of aromatic amines is 1. The molecular weight excluding hydrogens is 360 g/mol. The van der Waals surface area contributed by atoms with Crippen LogP contribution in [0.25, 0.3) is 11.0 Å². The molecule has 5 atom stereocenters. The molecule has 1 saturated heterocycles. The van der Waals surface area contributed by atoms with Crippen molar-refractivity contribution in [2.75, 3.05) is 12.3 Å². The number of aliphatic hydroxyl groups excluding tert-OH is 2. The number of aliphatic carboxylic acids is 1. The molecule has 3 heterocycles. The number of H-pyrrole nitrogens is 1. The zero-order valence-corrected chi connectivity index (χ0v) is 14.1. The molecule has 1 aliphatic rings. The van der Waals surface area contributed by atoms with Gasteiger partial charge >= 0.3 is 11.9 Å².